The first-order chi connectivity index (χ1) is 9.29. The van der Waals surface area contributed by atoms with Crippen LogP contribution in [0.25, 0.3) is 0 Å². The molecular weight excluding hydrogens is 244 g/mol. The van der Waals surface area contributed by atoms with Gasteiger partial charge >= 0.3 is 0 Å². The molecule has 1 amide bonds. The molecule has 1 aliphatic carbocycles. The van der Waals surface area contributed by atoms with Crippen molar-refractivity contribution in [1.82, 2.24) is 10.2 Å². The molecule has 2 saturated heterocycles. The van der Waals surface area contributed by atoms with E-state index in [0.717, 1.165) is 39.0 Å². The van der Waals surface area contributed by atoms with E-state index in [9.17, 15) is 4.79 Å². The molecule has 19 heavy (non-hydrogen) atoms. The molecule has 0 radical (unpaired) electrons. The average Bonchev–Trinajstić information content (AvgIpc) is 2.95. The molecule has 1 saturated carbocycles. The third kappa shape index (κ3) is 2.93. The zero-order valence-electron chi connectivity index (χ0n) is 11.6. The minimum atomic E-state index is -0.00655. The van der Waals surface area contributed by atoms with Crippen LogP contribution in [-0.4, -0.2) is 62.9 Å². The smallest absolute Gasteiger partial charge is 0.229 e. The minimum Gasteiger partial charge on any atom is -0.381 e. The molecule has 108 valence electrons. The van der Waals surface area contributed by atoms with Crippen LogP contribution in [0.4, 0.5) is 0 Å². The summed E-state index contributed by atoms with van der Waals surface area (Å²) in [4.78, 5) is 14.9. The lowest BCUT2D eigenvalue weighted by atomic mass is 10.0. The zero-order valence-corrected chi connectivity index (χ0v) is 11.6. The van der Waals surface area contributed by atoms with Gasteiger partial charge in [-0.2, -0.15) is 0 Å². The molecule has 2 heterocycles. The van der Waals surface area contributed by atoms with Crippen LogP contribution in [-0.2, 0) is 14.3 Å². The highest BCUT2D eigenvalue weighted by atomic mass is 16.5. The van der Waals surface area contributed by atoms with Crippen LogP contribution >= 0.6 is 0 Å². The zero-order chi connectivity index (χ0) is 13.2. The second-order valence-corrected chi connectivity index (χ2v) is 5.99. The van der Waals surface area contributed by atoms with Crippen LogP contribution in [0.1, 0.15) is 19.3 Å². The largest absolute Gasteiger partial charge is 0.381 e. The van der Waals surface area contributed by atoms with Crippen molar-refractivity contribution in [3.05, 3.63) is 0 Å². The van der Waals surface area contributed by atoms with E-state index in [1.165, 1.54) is 0 Å². The van der Waals surface area contributed by atoms with Gasteiger partial charge in [-0.15, -0.1) is 0 Å². The Morgan fingerprint density at radius 2 is 2.05 bits per heavy atom. The molecule has 3 fully saturated rings. The van der Waals surface area contributed by atoms with Crippen molar-refractivity contribution in [1.29, 1.82) is 0 Å². The van der Waals surface area contributed by atoms with Gasteiger partial charge in [0.25, 0.3) is 0 Å². The number of nitrogens with zero attached hydrogens (tertiary/aromatic N) is 1. The van der Waals surface area contributed by atoms with Crippen molar-refractivity contribution in [3.8, 4) is 0 Å². The maximum atomic E-state index is 12.7. The number of carbonyl (C=O) groups excluding carboxylic acids is 1. The molecule has 3 rings (SSSR count). The van der Waals surface area contributed by atoms with Gasteiger partial charge in [0.05, 0.1) is 25.7 Å². The van der Waals surface area contributed by atoms with Gasteiger partial charge in [-0.3, -0.25) is 4.79 Å². The maximum Gasteiger partial charge on any atom is 0.229 e. The topological polar surface area (TPSA) is 50.8 Å². The highest BCUT2D eigenvalue weighted by molar-refractivity contribution is 5.80. The molecule has 1 N–H and O–H groups in total. The van der Waals surface area contributed by atoms with Gasteiger partial charge in [0.2, 0.25) is 5.91 Å². The van der Waals surface area contributed by atoms with Gasteiger partial charge in [0, 0.05) is 31.2 Å². The third-order valence-electron chi connectivity index (χ3n) is 4.52. The molecule has 0 aromatic heterocycles. The van der Waals surface area contributed by atoms with Crippen molar-refractivity contribution in [2.45, 2.75) is 31.3 Å². The molecular formula is C14H24N2O3. The molecule has 0 aromatic rings. The maximum absolute atomic E-state index is 12.7. The van der Waals surface area contributed by atoms with Crippen LogP contribution in [0.2, 0.25) is 0 Å². The van der Waals surface area contributed by atoms with Gasteiger partial charge in [-0.25, -0.2) is 0 Å². The molecule has 3 atom stereocenters. The minimum absolute atomic E-state index is 0.00655. The summed E-state index contributed by atoms with van der Waals surface area (Å²) in [6.07, 6.45) is 3.42. The quantitative estimate of drug-likeness (QED) is 0.776. The summed E-state index contributed by atoms with van der Waals surface area (Å²) in [5.41, 5.74) is 0. The molecule has 5 nitrogen and oxygen atoms in total. The van der Waals surface area contributed by atoms with Crippen molar-refractivity contribution in [2.75, 3.05) is 40.0 Å². The summed E-state index contributed by atoms with van der Waals surface area (Å²) in [6.45, 7) is 3.75. The summed E-state index contributed by atoms with van der Waals surface area (Å²) in [5, 5.41) is 3.21. The van der Waals surface area contributed by atoms with Gasteiger partial charge in [0.1, 0.15) is 0 Å². The summed E-state index contributed by atoms with van der Waals surface area (Å²) in [5.74, 6) is 0.805. The van der Waals surface area contributed by atoms with E-state index in [1.807, 2.05) is 7.05 Å². The van der Waals surface area contributed by atoms with Crippen LogP contribution in [0.15, 0.2) is 0 Å². The molecule has 3 aliphatic rings. The molecule has 0 aromatic carbocycles. The fourth-order valence-electron chi connectivity index (χ4n) is 3.11. The fraction of sp³-hybridized carbons (Fsp3) is 0.929. The lowest BCUT2D eigenvalue weighted by Gasteiger charge is -2.29. The Balaban J connectivity index is 1.63. The normalized spacial score (nSPS) is 34.7. The van der Waals surface area contributed by atoms with Crippen molar-refractivity contribution in [2.24, 2.45) is 11.8 Å². The average molecular weight is 268 g/mol. The molecule has 5 heteroatoms. The first-order valence-electron chi connectivity index (χ1n) is 7.43. The Morgan fingerprint density at radius 1 is 1.21 bits per heavy atom. The highest BCUT2D eigenvalue weighted by Crippen LogP contribution is 2.31. The van der Waals surface area contributed by atoms with Crippen molar-refractivity contribution >= 4 is 5.91 Å². The van der Waals surface area contributed by atoms with E-state index >= 15 is 0 Å². The van der Waals surface area contributed by atoms with Crippen LogP contribution in [0.5, 0.6) is 0 Å². The van der Waals surface area contributed by atoms with E-state index < -0.39 is 0 Å². The predicted molar refractivity (Wildman–Crippen MR) is 70.8 cm³/mol. The number of rotatable bonds is 5. The first-order valence-corrected chi connectivity index (χ1v) is 7.43. The number of likely N-dealkylation sites (N-methyl/N-ethyl adjacent to an activating group) is 1. The number of amides is 1. The van der Waals surface area contributed by atoms with Gasteiger partial charge in [-0.05, 0) is 26.3 Å². The monoisotopic (exact) mass is 268 g/mol. The predicted octanol–water partition coefficient (Wildman–Crippen LogP) is 0.248. The van der Waals surface area contributed by atoms with Crippen LogP contribution < -0.4 is 5.32 Å². The number of hydrogen-bond donors (Lipinski definition) is 1. The number of carbonyl (C=O) groups is 1. The Morgan fingerprint density at radius 3 is 2.68 bits per heavy atom. The Bertz CT molecular complexity index is 327. The highest BCUT2D eigenvalue weighted by Gasteiger charge is 2.41. The van der Waals surface area contributed by atoms with Crippen molar-refractivity contribution < 1.29 is 14.3 Å². The Hall–Kier alpha value is -0.650. The Labute approximate surface area is 114 Å². The Kier molecular flexibility index (Phi) is 4.05. The molecule has 2 aliphatic heterocycles. The number of nitrogens with one attached hydrogen (secondary N) is 1. The first kappa shape index (κ1) is 13.3. The van der Waals surface area contributed by atoms with E-state index in [4.69, 9.17) is 9.47 Å². The molecule has 0 bridgehead atoms. The van der Waals surface area contributed by atoms with Crippen LogP contribution in [0.3, 0.4) is 0 Å². The third-order valence-corrected chi connectivity index (χ3v) is 4.52. The number of ether oxygens (including phenoxy) is 2. The van der Waals surface area contributed by atoms with E-state index in [0.29, 0.717) is 25.2 Å². The van der Waals surface area contributed by atoms with E-state index in [2.05, 4.69) is 10.2 Å². The van der Waals surface area contributed by atoms with Gasteiger partial charge < -0.3 is 19.7 Å². The molecule has 0 spiro atoms. The van der Waals surface area contributed by atoms with E-state index in [-0.39, 0.29) is 17.9 Å². The van der Waals surface area contributed by atoms with Gasteiger partial charge in [-0.1, -0.05) is 0 Å². The lowest BCUT2D eigenvalue weighted by Crippen LogP contribution is -2.47. The fourth-order valence-corrected chi connectivity index (χ4v) is 3.11. The summed E-state index contributed by atoms with van der Waals surface area (Å²) in [7, 11) is 1.91. The second-order valence-electron chi connectivity index (χ2n) is 5.99. The standard InChI is InChI=1S/C14H24N2O3/c1-15-13-9-19-8-12(13)14(17)16(11-2-3-11)6-10-4-5-18-7-10/h10-13,15H,2-9H2,1H3. The summed E-state index contributed by atoms with van der Waals surface area (Å²) >= 11 is 0. The lowest BCUT2D eigenvalue weighted by molar-refractivity contribution is -0.137. The summed E-state index contributed by atoms with van der Waals surface area (Å²) in [6, 6.07) is 0.653. The summed E-state index contributed by atoms with van der Waals surface area (Å²) < 4.78 is 10.9. The van der Waals surface area contributed by atoms with E-state index in [1.54, 1.807) is 0 Å². The van der Waals surface area contributed by atoms with Gasteiger partial charge in [0.15, 0.2) is 0 Å². The second kappa shape index (κ2) is 5.77. The SMILES string of the molecule is CNC1COCC1C(=O)N(CC1CCOC1)C1CC1. The van der Waals surface area contributed by atoms with Crippen molar-refractivity contribution in [3.63, 3.8) is 0 Å². The molecule has 3 unspecified atom stereocenters. The van der Waals surface area contributed by atoms with Crippen LogP contribution in [0, 0.1) is 11.8 Å². The number of hydrogen-bond acceptors (Lipinski definition) is 4.